The second-order valence-corrected chi connectivity index (χ2v) is 22.0. The molecule has 0 spiro atoms. The molecular formula is C62H116NO8P. The Balaban J connectivity index is 3.85. The molecule has 422 valence electrons. The highest BCUT2D eigenvalue weighted by atomic mass is 31.2. The number of hydrogen-bond donors (Lipinski definition) is 2. The molecule has 0 aliphatic heterocycles. The molecule has 0 fully saturated rings. The number of rotatable bonds is 58. The first-order valence-corrected chi connectivity index (χ1v) is 32.1. The predicted molar refractivity (Wildman–Crippen MR) is 307 cm³/mol. The summed E-state index contributed by atoms with van der Waals surface area (Å²) in [7, 11) is -4.38. The summed E-state index contributed by atoms with van der Waals surface area (Å²) in [6.45, 7) is 3.69. The number of carbonyl (C=O) groups excluding carboxylic acids is 2. The highest BCUT2D eigenvalue weighted by molar-refractivity contribution is 7.47. The number of unbranched alkanes of at least 4 members (excludes halogenated alkanes) is 37. The van der Waals surface area contributed by atoms with Crippen LogP contribution in [0.1, 0.15) is 303 Å². The minimum absolute atomic E-state index is 0.0557. The van der Waals surface area contributed by atoms with E-state index in [9.17, 15) is 19.0 Å². The number of phosphoric ester groups is 1. The Bertz CT molecular complexity index is 1320. The summed E-state index contributed by atoms with van der Waals surface area (Å²) >= 11 is 0. The van der Waals surface area contributed by atoms with Crippen molar-refractivity contribution >= 4 is 19.8 Å². The Labute approximate surface area is 445 Å². The zero-order valence-corrected chi connectivity index (χ0v) is 48.1. The summed E-state index contributed by atoms with van der Waals surface area (Å²) < 4.78 is 33.1. The standard InChI is InChI=1S/C62H116NO8P/c1-3-5-7-9-11-13-15-17-19-21-23-24-25-26-27-28-29-30-31-32-33-34-35-36-37-39-41-43-45-47-49-51-53-55-62(65)71-60(59-70-72(66,67)69-57-56-63)58-68-61(64)54-52-50-48-46-44-42-40-38-22-20-18-16-14-12-10-8-6-4-2/h5,7,11,13,17,19,23-24,60H,3-4,6,8-10,12,14-16,18,20-22,25-59,63H2,1-2H3,(H,66,67)/b7-5-,13-11-,19-17-,24-23-. The lowest BCUT2D eigenvalue weighted by Gasteiger charge is -2.19. The second kappa shape index (κ2) is 58.2. The van der Waals surface area contributed by atoms with E-state index in [4.69, 9.17) is 24.3 Å². The zero-order chi connectivity index (χ0) is 52.4. The third kappa shape index (κ3) is 57.3. The van der Waals surface area contributed by atoms with Crippen molar-refractivity contribution in [3.05, 3.63) is 48.6 Å². The van der Waals surface area contributed by atoms with Gasteiger partial charge in [-0.3, -0.25) is 18.6 Å². The molecule has 0 aromatic heterocycles. The van der Waals surface area contributed by atoms with Crippen molar-refractivity contribution in [3.8, 4) is 0 Å². The van der Waals surface area contributed by atoms with Crippen molar-refractivity contribution in [1.82, 2.24) is 0 Å². The first-order chi connectivity index (χ1) is 35.3. The Kier molecular flexibility index (Phi) is 56.6. The number of carbonyl (C=O) groups is 2. The third-order valence-electron chi connectivity index (χ3n) is 13.5. The highest BCUT2D eigenvalue weighted by Crippen LogP contribution is 2.43. The van der Waals surface area contributed by atoms with Crippen molar-refractivity contribution in [2.24, 2.45) is 5.73 Å². The largest absolute Gasteiger partial charge is 0.472 e. The van der Waals surface area contributed by atoms with Crippen LogP contribution in [0.15, 0.2) is 48.6 Å². The molecule has 0 amide bonds. The van der Waals surface area contributed by atoms with Crippen LogP contribution >= 0.6 is 7.82 Å². The molecule has 9 nitrogen and oxygen atoms in total. The summed E-state index contributed by atoms with van der Waals surface area (Å²) in [6, 6.07) is 0. The van der Waals surface area contributed by atoms with Gasteiger partial charge in [0.25, 0.3) is 0 Å². The van der Waals surface area contributed by atoms with E-state index < -0.39 is 26.5 Å². The van der Waals surface area contributed by atoms with Crippen LogP contribution in [0.4, 0.5) is 0 Å². The van der Waals surface area contributed by atoms with Gasteiger partial charge in [-0.2, -0.15) is 0 Å². The Morgan fingerprint density at radius 2 is 0.764 bits per heavy atom. The Hall–Kier alpha value is -2.03. The Morgan fingerprint density at radius 3 is 1.14 bits per heavy atom. The molecule has 2 unspecified atom stereocenters. The van der Waals surface area contributed by atoms with Gasteiger partial charge in [0.05, 0.1) is 13.2 Å². The van der Waals surface area contributed by atoms with Crippen LogP contribution in [-0.2, 0) is 32.7 Å². The monoisotopic (exact) mass is 1030 g/mol. The van der Waals surface area contributed by atoms with E-state index in [0.717, 1.165) is 57.8 Å². The molecule has 0 aliphatic carbocycles. The van der Waals surface area contributed by atoms with Gasteiger partial charge in [-0.1, -0.05) is 287 Å². The summed E-state index contributed by atoms with van der Waals surface area (Å²) in [4.78, 5) is 35.2. The molecule has 0 saturated heterocycles. The SMILES string of the molecule is CC/C=C\C/C=C\C/C=C\C/C=C\CCCCCCCCCCCCCCCCCCCCCCC(=O)OC(COC(=O)CCCCCCCCCCCCCCCCCCCC)COP(=O)(O)OCCN. The first-order valence-electron chi connectivity index (χ1n) is 30.6. The normalized spacial score (nSPS) is 13.3. The summed E-state index contributed by atoms with van der Waals surface area (Å²) in [5, 5.41) is 0. The van der Waals surface area contributed by atoms with Gasteiger partial charge in [-0.25, -0.2) is 4.57 Å². The second-order valence-electron chi connectivity index (χ2n) is 20.6. The van der Waals surface area contributed by atoms with E-state index in [-0.39, 0.29) is 38.6 Å². The van der Waals surface area contributed by atoms with Gasteiger partial charge < -0.3 is 20.1 Å². The van der Waals surface area contributed by atoms with Crippen LogP contribution in [-0.4, -0.2) is 49.3 Å². The molecule has 0 rings (SSSR count). The lowest BCUT2D eigenvalue weighted by molar-refractivity contribution is -0.161. The number of ether oxygens (including phenoxy) is 2. The molecule has 72 heavy (non-hydrogen) atoms. The van der Waals surface area contributed by atoms with E-state index in [0.29, 0.717) is 6.42 Å². The molecule has 0 bridgehead atoms. The van der Waals surface area contributed by atoms with Crippen LogP contribution in [0.3, 0.4) is 0 Å². The molecule has 0 aliphatic rings. The van der Waals surface area contributed by atoms with Gasteiger partial charge >= 0.3 is 19.8 Å². The number of nitrogens with two attached hydrogens (primary N) is 1. The number of allylic oxidation sites excluding steroid dienone is 8. The lowest BCUT2D eigenvalue weighted by atomic mass is 10.0. The smallest absolute Gasteiger partial charge is 0.462 e. The molecule has 10 heteroatoms. The van der Waals surface area contributed by atoms with Crippen molar-refractivity contribution < 1.29 is 37.6 Å². The van der Waals surface area contributed by atoms with Crippen LogP contribution < -0.4 is 5.73 Å². The van der Waals surface area contributed by atoms with Crippen molar-refractivity contribution in [2.75, 3.05) is 26.4 Å². The molecule has 0 radical (unpaired) electrons. The van der Waals surface area contributed by atoms with Crippen LogP contribution in [0.2, 0.25) is 0 Å². The fourth-order valence-corrected chi connectivity index (χ4v) is 9.75. The summed E-state index contributed by atoms with van der Waals surface area (Å²) in [6.07, 6.45) is 71.8. The van der Waals surface area contributed by atoms with Gasteiger partial charge in [0.1, 0.15) is 6.61 Å². The predicted octanol–water partition coefficient (Wildman–Crippen LogP) is 19.4. The van der Waals surface area contributed by atoms with E-state index in [1.807, 2.05) is 0 Å². The number of phosphoric acid groups is 1. The molecule has 0 aromatic rings. The number of esters is 2. The average molecular weight is 1030 g/mol. The fourth-order valence-electron chi connectivity index (χ4n) is 8.98. The van der Waals surface area contributed by atoms with E-state index in [2.05, 4.69) is 62.5 Å². The molecule has 0 heterocycles. The molecular weight excluding hydrogens is 918 g/mol. The summed E-state index contributed by atoms with van der Waals surface area (Å²) in [5.41, 5.74) is 5.39. The van der Waals surface area contributed by atoms with Gasteiger partial charge in [0, 0.05) is 19.4 Å². The molecule has 3 N–H and O–H groups in total. The van der Waals surface area contributed by atoms with Crippen molar-refractivity contribution in [3.63, 3.8) is 0 Å². The first kappa shape index (κ1) is 70.0. The van der Waals surface area contributed by atoms with Crippen molar-refractivity contribution in [1.29, 1.82) is 0 Å². The van der Waals surface area contributed by atoms with E-state index in [1.54, 1.807) is 0 Å². The minimum Gasteiger partial charge on any atom is -0.462 e. The average Bonchev–Trinajstić information content (AvgIpc) is 3.37. The molecule has 0 saturated carbocycles. The number of hydrogen-bond acceptors (Lipinski definition) is 8. The maximum absolute atomic E-state index is 12.7. The fraction of sp³-hybridized carbons (Fsp3) is 0.839. The Morgan fingerprint density at radius 1 is 0.431 bits per heavy atom. The van der Waals surface area contributed by atoms with Crippen LogP contribution in [0.5, 0.6) is 0 Å². The van der Waals surface area contributed by atoms with E-state index in [1.165, 1.54) is 212 Å². The van der Waals surface area contributed by atoms with Gasteiger partial charge in [-0.05, 0) is 51.4 Å². The zero-order valence-electron chi connectivity index (χ0n) is 47.2. The van der Waals surface area contributed by atoms with Gasteiger partial charge in [0.15, 0.2) is 6.10 Å². The lowest BCUT2D eigenvalue weighted by Crippen LogP contribution is -2.29. The van der Waals surface area contributed by atoms with E-state index >= 15 is 0 Å². The van der Waals surface area contributed by atoms with Gasteiger partial charge in [-0.15, -0.1) is 0 Å². The maximum Gasteiger partial charge on any atom is 0.472 e. The molecule has 2 atom stereocenters. The van der Waals surface area contributed by atoms with Gasteiger partial charge in [0.2, 0.25) is 0 Å². The summed E-state index contributed by atoms with van der Waals surface area (Å²) in [5.74, 6) is -0.809. The minimum atomic E-state index is -4.38. The highest BCUT2D eigenvalue weighted by Gasteiger charge is 2.26. The van der Waals surface area contributed by atoms with Crippen LogP contribution in [0.25, 0.3) is 0 Å². The maximum atomic E-state index is 12.7. The van der Waals surface area contributed by atoms with Crippen LogP contribution in [0, 0.1) is 0 Å². The topological polar surface area (TPSA) is 134 Å². The van der Waals surface area contributed by atoms with Crippen molar-refractivity contribution in [2.45, 2.75) is 309 Å². The quantitative estimate of drug-likeness (QED) is 0.0264. The third-order valence-corrected chi connectivity index (χ3v) is 14.5. The molecule has 0 aromatic carbocycles.